The van der Waals surface area contributed by atoms with E-state index in [1.54, 1.807) is 30.3 Å². The summed E-state index contributed by atoms with van der Waals surface area (Å²) in [7, 11) is 0. The number of carbonyl (C=O) groups excluding carboxylic acids is 1. The largest absolute Gasteiger partial charge is 0.489 e. The molecule has 0 saturated carbocycles. The van der Waals surface area contributed by atoms with Crippen LogP contribution in [-0.2, 0) is 0 Å². The highest BCUT2D eigenvalue weighted by molar-refractivity contribution is 6.03. The van der Waals surface area contributed by atoms with Crippen LogP contribution in [0.2, 0.25) is 0 Å². The van der Waals surface area contributed by atoms with Gasteiger partial charge in [-0.2, -0.15) is 10.3 Å². The van der Waals surface area contributed by atoms with Gasteiger partial charge in [-0.15, -0.1) is 0 Å². The molecule has 4 N–H and O–H groups in total. The van der Waals surface area contributed by atoms with Gasteiger partial charge in [0.15, 0.2) is 5.96 Å². The predicted octanol–water partition coefficient (Wildman–Crippen LogP) is 2.19. The van der Waals surface area contributed by atoms with Gasteiger partial charge in [0, 0.05) is 11.1 Å². The van der Waals surface area contributed by atoms with Crippen LogP contribution in [0.3, 0.4) is 0 Å². The van der Waals surface area contributed by atoms with Crippen molar-refractivity contribution in [2.75, 3.05) is 6.61 Å². The first kappa shape index (κ1) is 16.3. The molecule has 1 heterocycles. The van der Waals surface area contributed by atoms with Gasteiger partial charge in [-0.25, -0.2) is 0 Å². The highest BCUT2D eigenvalue weighted by atomic mass is 16.5. The van der Waals surface area contributed by atoms with Crippen LogP contribution in [0.15, 0.2) is 53.0 Å². The summed E-state index contributed by atoms with van der Waals surface area (Å²) in [6.07, 6.45) is 0. The molecule has 0 aromatic heterocycles. The normalized spacial score (nSPS) is 12.6. The van der Waals surface area contributed by atoms with E-state index in [1.165, 1.54) is 0 Å². The Morgan fingerprint density at radius 3 is 2.56 bits per heavy atom. The Morgan fingerprint density at radius 2 is 1.92 bits per heavy atom. The first-order valence-corrected chi connectivity index (χ1v) is 7.61. The Morgan fingerprint density at radius 1 is 1.20 bits per heavy atom. The van der Waals surface area contributed by atoms with Crippen molar-refractivity contribution in [3.63, 3.8) is 0 Å². The lowest BCUT2D eigenvalue weighted by atomic mass is 9.90. The number of amides is 1. The van der Waals surface area contributed by atoms with Crippen LogP contribution in [0.4, 0.5) is 0 Å². The Labute approximate surface area is 145 Å². The number of fused-ring (bicyclic) bond motifs is 1. The fourth-order valence-electron chi connectivity index (χ4n) is 2.77. The van der Waals surface area contributed by atoms with Crippen LogP contribution >= 0.6 is 0 Å². The molecule has 1 aliphatic rings. The van der Waals surface area contributed by atoms with Crippen molar-refractivity contribution >= 4 is 17.4 Å². The molecule has 6 heteroatoms. The van der Waals surface area contributed by atoms with Gasteiger partial charge in [0.2, 0.25) is 0 Å². The van der Waals surface area contributed by atoms with Crippen molar-refractivity contribution < 1.29 is 9.53 Å². The number of nitrogens with two attached hydrogens (primary N) is 2. The monoisotopic (exact) mass is 332 g/mol. The van der Waals surface area contributed by atoms with Crippen molar-refractivity contribution in [3.8, 4) is 11.8 Å². The quantitative estimate of drug-likeness (QED) is 0.646. The van der Waals surface area contributed by atoms with Gasteiger partial charge in [0.05, 0.1) is 11.6 Å². The van der Waals surface area contributed by atoms with Gasteiger partial charge in [-0.1, -0.05) is 12.1 Å². The van der Waals surface area contributed by atoms with E-state index in [0.717, 1.165) is 22.3 Å². The highest BCUT2D eigenvalue weighted by Gasteiger charge is 2.21. The molecule has 25 heavy (non-hydrogen) atoms. The lowest BCUT2D eigenvalue weighted by Crippen LogP contribution is -2.24. The van der Waals surface area contributed by atoms with E-state index in [4.69, 9.17) is 21.5 Å². The third-order valence-electron chi connectivity index (χ3n) is 3.90. The minimum Gasteiger partial charge on any atom is -0.489 e. The summed E-state index contributed by atoms with van der Waals surface area (Å²) in [5.41, 5.74) is 15.3. The number of ether oxygens (including phenoxy) is 1. The molecule has 0 aliphatic carbocycles. The van der Waals surface area contributed by atoms with Gasteiger partial charge < -0.3 is 16.2 Å². The summed E-state index contributed by atoms with van der Waals surface area (Å²) >= 11 is 0. The Hall–Kier alpha value is -3.59. The number of benzene rings is 2. The summed E-state index contributed by atoms with van der Waals surface area (Å²) in [6, 6.07) is 14.5. The molecule has 0 saturated heterocycles. The van der Waals surface area contributed by atoms with Gasteiger partial charge in [-0.05, 0) is 54.0 Å². The molecule has 0 bridgehead atoms. The van der Waals surface area contributed by atoms with E-state index in [-0.39, 0.29) is 5.96 Å². The van der Waals surface area contributed by atoms with Gasteiger partial charge in [-0.3, -0.25) is 4.79 Å². The van der Waals surface area contributed by atoms with Crippen LogP contribution in [0, 0.1) is 11.3 Å². The molecule has 0 spiro atoms. The summed E-state index contributed by atoms with van der Waals surface area (Å²) in [5.74, 6) is -0.102. The fourth-order valence-corrected chi connectivity index (χ4v) is 2.77. The van der Waals surface area contributed by atoms with Gasteiger partial charge >= 0.3 is 0 Å². The first-order chi connectivity index (χ1) is 12.0. The fraction of sp³-hybridized carbons (Fsp3) is 0.105. The zero-order chi connectivity index (χ0) is 18.0. The number of rotatable bonds is 2. The van der Waals surface area contributed by atoms with Crippen molar-refractivity contribution in [1.29, 1.82) is 5.26 Å². The van der Waals surface area contributed by atoms with Crippen molar-refractivity contribution in [3.05, 3.63) is 70.3 Å². The third-order valence-corrected chi connectivity index (χ3v) is 3.90. The average Bonchev–Trinajstić information content (AvgIpc) is 2.60. The number of carbonyl (C=O) groups is 1. The van der Waals surface area contributed by atoms with Crippen LogP contribution in [0.1, 0.15) is 34.0 Å². The molecular weight excluding hydrogens is 316 g/mol. The zero-order valence-corrected chi connectivity index (χ0v) is 13.6. The molecule has 1 amide bonds. The number of hydrogen-bond donors (Lipinski definition) is 2. The summed E-state index contributed by atoms with van der Waals surface area (Å²) in [4.78, 5) is 15.7. The van der Waals surface area contributed by atoms with Crippen molar-refractivity contribution in [2.45, 2.75) is 6.92 Å². The van der Waals surface area contributed by atoms with E-state index in [2.05, 4.69) is 11.1 Å². The van der Waals surface area contributed by atoms with Crippen LogP contribution < -0.4 is 16.2 Å². The minimum atomic E-state index is -0.509. The van der Waals surface area contributed by atoms with Crippen LogP contribution in [-0.4, -0.2) is 18.5 Å². The number of guanidine groups is 1. The summed E-state index contributed by atoms with van der Waals surface area (Å²) in [5, 5.41) is 8.97. The number of nitriles is 1. The molecule has 124 valence electrons. The summed E-state index contributed by atoms with van der Waals surface area (Å²) < 4.78 is 5.74. The van der Waals surface area contributed by atoms with Crippen molar-refractivity contribution in [1.82, 2.24) is 0 Å². The Bertz CT molecular complexity index is 946. The molecular formula is C19H16N4O2. The molecule has 3 rings (SSSR count). The summed E-state index contributed by atoms with van der Waals surface area (Å²) in [6.45, 7) is 2.44. The molecule has 2 aromatic carbocycles. The minimum absolute atomic E-state index is 0.280. The lowest BCUT2D eigenvalue weighted by molar-refractivity contribution is 0.100. The van der Waals surface area contributed by atoms with E-state index >= 15 is 0 Å². The second kappa shape index (κ2) is 6.49. The average molecular weight is 332 g/mol. The molecule has 2 aromatic rings. The Balaban J connectivity index is 2.11. The Kier molecular flexibility index (Phi) is 4.23. The van der Waals surface area contributed by atoms with E-state index in [9.17, 15) is 4.79 Å². The SMILES string of the molecule is CC1=C(c2ccc(C#N)cc2)c2cc(C(=O)N=C(N)N)ccc2OC1. The topological polar surface area (TPSA) is 114 Å². The molecule has 0 radical (unpaired) electrons. The maximum absolute atomic E-state index is 12.1. The maximum Gasteiger partial charge on any atom is 0.280 e. The molecule has 0 unspecified atom stereocenters. The van der Waals surface area contributed by atoms with Gasteiger partial charge in [0.25, 0.3) is 5.91 Å². The van der Waals surface area contributed by atoms with E-state index in [1.807, 2.05) is 19.1 Å². The molecule has 0 fully saturated rings. The van der Waals surface area contributed by atoms with E-state index < -0.39 is 5.91 Å². The second-order valence-corrected chi connectivity index (χ2v) is 5.69. The van der Waals surface area contributed by atoms with Crippen LogP contribution in [0.5, 0.6) is 5.75 Å². The van der Waals surface area contributed by atoms with Gasteiger partial charge in [0.1, 0.15) is 12.4 Å². The molecule has 1 aliphatic heterocycles. The first-order valence-electron chi connectivity index (χ1n) is 7.61. The second-order valence-electron chi connectivity index (χ2n) is 5.69. The maximum atomic E-state index is 12.1. The molecule has 6 nitrogen and oxygen atoms in total. The van der Waals surface area contributed by atoms with Crippen molar-refractivity contribution in [2.24, 2.45) is 16.5 Å². The molecule has 0 atom stereocenters. The third kappa shape index (κ3) is 3.21. The standard InChI is InChI=1S/C19H16N4O2/c1-11-10-25-16-7-6-14(18(24)23-19(21)22)8-15(16)17(11)13-4-2-12(9-20)3-5-13/h2-8H,10H2,1H3,(H4,21,22,23,24). The zero-order valence-electron chi connectivity index (χ0n) is 13.6. The predicted molar refractivity (Wildman–Crippen MR) is 94.9 cm³/mol. The number of nitrogens with zero attached hydrogens (tertiary/aromatic N) is 2. The van der Waals surface area contributed by atoms with Crippen LogP contribution in [0.25, 0.3) is 5.57 Å². The number of hydrogen-bond acceptors (Lipinski definition) is 3. The lowest BCUT2D eigenvalue weighted by Gasteiger charge is -2.23. The number of aliphatic imine (C=N–C) groups is 1. The highest BCUT2D eigenvalue weighted by Crippen LogP contribution is 2.38. The van der Waals surface area contributed by atoms with E-state index in [0.29, 0.717) is 23.5 Å². The smallest absolute Gasteiger partial charge is 0.280 e.